The molecule has 4 rings (SSSR count). The van der Waals surface area contributed by atoms with Crippen molar-refractivity contribution in [2.45, 2.75) is 45.2 Å². The van der Waals surface area contributed by atoms with E-state index in [1.54, 1.807) is 0 Å². The first-order valence-corrected chi connectivity index (χ1v) is 9.87. The number of benzene rings is 2. The Morgan fingerprint density at radius 2 is 1.85 bits per heavy atom. The number of fused-ring (bicyclic) bond motifs is 1. The number of carbonyl (C=O) groups is 1. The second-order valence-corrected chi connectivity index (χ2v) is 7.78. The van der Waals surface area contributed by atoms with Crippen molar-refractivity contribution in [3.8, 4) is 11.1 Å². The van der Waals surface area contributed by atoms with Gasteiger partial charge in [0.1, 0.15) is 0 Å². The van der Waals surface area contributed by atoms with Gasteiger partial charge in [0.05, 0.1) is 0 Å². The summed E-state index contributed by atoms with van der Waals surface area (Å²) >= 11 is 0. The fourth-order valence-electron chi connectivity index (χ4n) is 4.31. The van der Waals surface area contributed by atoms with Gasteiger partial charge in [-0.3, -0.25) is 4.79 Å². The number of hydrogen-bond donors (Lipinski definition) is 0. The topological polar surface area (TPSA) is 23.6 Å². The molecule has 2 aliphatic rings. The van der Waals surface area contributed by atoms with E-state index < -0.39 is 0 Å². The van der Waals surface area contributed by atoms with E-state index in [0.717, 1.165) is 38.4 Å². The minimum Gasteiger partial charge on any atom is -0.341 e. The highest BCUT2D eigenvalue weighted by molar-refractivity contribution is 5.65. The van der Waals surface area contributed by atoms with Crippen LogP contribution in [0.25, 0.3) is 11.1 Å². The quantitative estimate of drug-likeness (QED) is 0.765. The molecule has 0 aromatic heterocycles. The molecular weight excluding hydrogens is 320 g/mol. The zero-order chi connectivity index (χ0) is 17.9. The van der Waals surface area contributed by atoms with Crippen LogP contribution >= 0.6 is 0 Å². The molecule has 0 bridgehead atoms. The zero-order valence-electron chi connectivity index (χ0n) is 15.7. The van der Waals surface area contributed by atoms with Crippen LogP contribution in [0.15, 0.2) is 42.5 Å². The number of nitrogens with zero attached hydrogens (tertiary/aromatic N) is 2. The summed E-state index contributed by atoms with van der Waals surface area (Å²) in [6.45, 7) is 6.35. The average molecular weight is 348 g/mol. The smallest absolute Gasteiger partial charge is 0.210 e. The molecule has 26 heavy (non-hydrogen) atoms. The monoisotopic (exact) mass is 348 g/mol. The van der Waals surface area contributed by atoms with Crippen LogP contribution in [0, 0.1) is 0 Å². The molecule has 3 nitrogen and oxygen atoms in total. The van der Waals surface area contributed by atoms with Crippen molar-refractivity contribution in [1.29, 1.82) is 0 Å². The van der Waals surface area contributed by atoms with E-state index in [4.69, 9.17) is 0 Å². The summed E-state index contributed by atoms with van der Waals surface area (Å²) in [6, 6.07) is 16.5. The molecule has 2 aromatic carbocycles. The molecule has 136 valence electrons. The molecule has 0 radical (unpaired) electrons. The molecule has 1 saturated heterocycles. The highest BCUT2D eigenvalue weighted by Gasteiger charge is 2.19. The Morgan fingerprint density at radius 1 is 1.04 bits per heavy atom. The lowest BCUT2D eigenvalue weighted by Gasteiger charge is -2.25. The molecule has 2 aliphatic heterocycles. The van der Waals surface area contributed by atoms with Gasteiger partial charge >= 0.3 is 0 Å². The molecule has 1 unspecified atom stereocenters. The highest BCUT2D eigenvalue weighted by atomic mass is 16.1. The first-order chi connectivity index (χ1) is 12.7. The van der Waals surface area contributed by atoms with E-state index in [-0.39, 0.29) is 0 Å². The van der Waals surface area contributed by atoms with Gasteiger partial charge < -0.3 is 9.80 Å². The molecule has 1 fully saturated rings. The SMILES string of the molecule is CC1CCCN1CCc1ccc(-c2ccc3c(c2)CCN(C=O)C3)cc1. The molecule has 0 aliphatic carbocycles. The van der Waals surface area contributed by atoms with E-state index in [2.05, 4.69) is 54.3 Å². The Morgan fingerprint density at radius 3 is 2.58 bits per heavy atom. The molecule has 0 N–H and O–H groups in total. The van der Waals surface area contributed by atoms with Gasteiger partial charge in [0, 0.05) is 25.7 Å². The van der Waals surface area contributed by atoms with Crippen LogP contribution in [0.4, 0.5) is 0 Å². The maximum absolute atomic E-state index is 11.0. The standard InChI is InChI=1S/C23H28N2O/c1-18-3-2-12-25(18)14-10-19-4-6-20(7-5-19)21-8-9-23-16-24(17-26)13-11-22(23)15-21/h4-9,15,17-18H,2-3,10-14,16H2,1H3. The second-order valence-electron chi connectivity index (χ2n) is 7.78. The number of amides is 1. The van der Waals surface area contributed by atoms with Crippen LogP contribution in [-0.2, 0) is 24.2 Å². The van der Waals surface area contributed by atoms with Crippen molar-refractivity contribution >= 4 is 6.41 Å². The molecule has 2 aromatic rings. The van der Waals surface area contributed by atoms with Gasteiger partial charge in [-0.15, -0.1) is 0 Å². The summed E-state index contributed by atoms with van der Waals surface area (Å²) < 4.78 is 0. The summed E-state index contributed by atoms with van der Waals surface area (Å²) in [5.41, 5.74) is 6.65. The van der Waals surface area contributed by atoms with Gasteiger partial charge in [-0.1, -0.05) is 42.5 Å². The van der Waals surface area contributed by atoms with E-state index in [0.29, 0.717) is 0 Å². The number of carbonyl (C=O) groups excluding carboxylic acids is 1. The van der Waals surface area contributed by atoms with Gasteiger partial charge in [0.15, 0.2) is 0 Å². The molecule has 3 heteroatoms. The van der Waals surface area contributed by atoms with Crippen LogP contribution in [0.5, 0.6) is 0 Å². The van der Waals surface area contributed by atoms with Crippen molar-refractivity contribution < 1.29 is 4.79 Å². The van der Waals surface area contributed by atoms with Crippen LogP contribution in [0.1, 0.15) is 36.5 Å². The zero-order valence-corrected chi connectivity index (χ0v) is 15.7. The van der Waals surface area contributed by atoms with Crippen molar-refractivity contribution in [2.75, 3.05) is 19.6 Å². The van der Waals surface area contributed by atoms with Gasteiger partial charge in [-0.25, -0.2) is 0 Å². The summed E-state index contributed by atoms with van der Waals surface area (Å²) in [4.78, 5) is 15.4. The fraction of sp³-hybridized carbons (Fsp3) is 0.435. The fourth-order valence-corrected chi connectivity index (χ4v) is 4.31. The molecular formula is C23H28N2O. The molecule has 0 spiro atoms. The first kappa shape index (κ1) is 17.3. The van der Waals surface area contributed by atoms with Gasteiger partial charge in [-0.2, -0.15) is 0 Å². The summed E-state index contributed by atoms with van der Waals surface area (Å²) in [6.07, 6.45) is 5.74. The van der Waals surface area contributed by atoms with Crippen LogP contribution in [0.3, 0.4) is 0 Å². The lowest BCUT2D eigenvalue weighted by molar-refractivity contribution is -0.118. The average Bonchev–Trinajstić information content (AvgIpc) is 3.10. The maximum atomic E-state index is 11.0. The Kier molecular flexibility index (Phi) is 5.07. The van der Waals surface area contributed by atoms with Crippen molar-refractivity contribution in [3.05, 3.63) is 59.2 Å². The van der Waals surface area contributed by atoms with Gasteiger partial charge in [0.2, 0.25) is 6.41 Å². The van der Waals surface area contributed by atoms with Crippen LogP contribution in [0.2, 0.25) is 0 Å². The predicted molar refractivity (Wildman–Crippen MR) is 106 cm³/mol. The largest absolute Gasteiger partial charge is 0.341 e. The molecule has 1 atom stereocenters. The van der Waals surface area contributed by atoms with E-state index in [9.17, 15) is 4.79 Å². The normalized spacial score (nSPS) is 20.2. The molecule has 0 saturated carbocycles. The van der Waals surface area contributed by atoms with Crippen molar-refractivity contribution in [3.63, 3.8) is 0 Å². The highest BCUT2D eigenvalue weighted by Crippen LogP contribution is 2.26. The van der Waals surface area contributed by atoms with E-state index in [1.165, 1.54) is 53.7 Å². The van der Waals surface area contributed by atoms with Gasteiger partial charge in [0.25, 0.3) is 0 Å². The molecule has 2 heterocycles. The Hall–Kier alpha value is -2.13. The minimum absolute atomic E-state index is 0.743. The lowest BCUT2D eigenvalue weighted by Crippen LogP contribution is -2.29. The van der Waals surface area contributed by atoms with E-state index in [1.807, 2.05) is 4.90 Å². The third-order valence-electron chi connectivity index (χ3n) is 6.06. The third kappa shape index (κ3) is 3.68. The minimum atomic E-state index is 0.743. The summed E-state index contributed by atoms with van der Waals surface area (Å²) in [5.74, 6) is 0. The second kappa shape index (κ2) is 7.63. The Bertz CT molecular complexity index is 768. The lowest BCUT2D eigenvalue weighted by atomic mass is 9.94. The molecule has 1 amide bonds. The first-order valence-electron chi connectivity index (χ1n) is 9.87. The van der Waals surface area contributed by atoms with Crippen LogP contribution in [-0.4, -0.2) is 41.9 Å². The Balaban J connectivity index is 1.43. The summed E-state index contributed by atoms with van der Waals surface area (Å²) in [7, 11) is 0. The van der Waals surface area contributed by atoms with Crippen molar-refractivity contribution in [2.24, 2.45) is 0 Å². The maximum Gasteiger partial charge on any atom is 0.210 e. The number of rotatable bonds is 5. The van der Waals surface area contributed by atoms with Gasteiger partial charge in [-0.05, 0) is 67.0 Å². The summed E-state index contributed by atoms with van der Waals surface area (Å²) in [5, 5.41) is 0. The van der Waals surface area contributed by atoms with Crippen molar-refractivity contribution in [1.82, 2.24) is 9.80 Å². The third-order valence-corrected chi connectivity index (χ3v) is 6.06. The number of likely N-dealkylation sites (tertiary alicyclic amines) is 1. The Labute approximate surface area is 156 Å². The van der Waals surface area contributed by atoms with E-state index >= 15 is 0 Å². The number of hydrogen-bond acceptors (Lipinski definition) is 2. The van der Waals surface area contributed by atoms with Crippen LogP contribution < -0.4 is 0 Å². The predicted octanol–water partition coefficient (Wildman–Crippen LogP) is 3.89.